The van der Waals surface area contributed by atoms with E-state index in [2.05, 4.69) is 25.9 Å². The minimum atomic E-state index is -2.78. The van der Waals surface area contributed by atoms with Crippen molar-refractivity contribution in [2.24, 2.45) is 0 Å². The van der Waals surface area contributed by atoms with Gasteiger partial charge in [-0.1, -0.05) is 5.21 Å². The van der Waals surface area contributed by atoms with Crippen LogP contribution in [0.15, 0.2) is 0 Å². The second-order valence-electron chi connectivity index (χ2n) is 3.64. The molecule has 1 saturated heterocycles. The van der Waals surface area contributed by atoms with E-state index in [1.807, 2.05) is 0 Å². The van der Waals surface area contributed by atoms with Gasteiger partial charge in [0.05, 0.1) is 18.1 Å². The molecule has 15 heavy (non-hydrogen) atoms. The van der Waals surface area contributed by atoms with E-state index in [-0.39, 0.29) is 17.5 Å². The van der Waals surface area contributed by atoms with Gasteiger partial charge in [-0.2, -0.15) is 5.21 Å². The molecule has 1 aliphatic rings. The molecule has 0 amide bonds. The largest absolute Gasteiger partial charge is 0.307 e. The molecule has 84 valence electrons. The first kappa shape index (κ1) is 10.5. The Morgan fingerprint density at radius 1 is 1.40 bits per heavy atom. The number of sulfone groups is 1. The lowest BCUT2D eigenvalue weighted by Crippen LogP contribution is -2.37. The average molecular weight is 231 g/mol. The van der Waals surface area contributed by atoms with E-state index in [1.165, 1.54) is 0 Å². The highest BCUT2D eigenvalue weighted by molar-refractivity contribution is 7.91. The molecule has 8 heteroatoms. The van der Waals surface area contributed by atoms with E-state index < -0.39 is 9.84 Å². The van der Waals surface area contributed by atoms with Crippen molar-refractivity contribution in [3.8, 4) is 0 Å². The number of nitrogens with zero attached hydrogens (tertiary/aromatic N) is 3. The normalized spacial score (nSPS) is 21.6. The minimum Gasteiger partial charge on any atom is -0.307 e. The first-order valence-corrected chi connectivity index (χ1v) is 6.64. The second-order valence-corrected chi connectivity index (χ2v) is 5.94. The van der Waals surface area contributed by atoms with Gasteiger partial charge in [0.1, 0.15) is 9.84 Å². The molecule has 0 saturated carbocycles. The summed E-state index contributed by atoms with van der Waals surface area (Å²) in [5.74, 6) is 1.15. The molecule has 7 nitrogen and oxygen atoms in total. The first-order valence-electron chi connectivity index (χ1n) is 4.82. The van der Waals surface area contributed by atoms with E-state index in [1.54, 1.807) is 0 Å². The van der Waals surface area contributed by atoms with Gasteiger partial charge in [0, 0.05) is 6.04 Å². The van der Waals surface area contributed by atoms with Crippen LogP contribution in [0.1, 0.15) is 18.7 Å². The third-order valence-electron chi connectivity index (χ3n) is 2.49. The Morgan fingerprint density at radius 3 is 2.73 bits per heavy atom. The van der Waals surface area contributed by atoms with Gasteiger partial charge < -0.3 is 5.32 Å². The molecule has 1 fully saturated rings. The van der Waals surface area contributed by atoms with Crippen molar-refractivity contribution >= 4 is 9.84 Å². The average Bonchev–Trinajstić information content (AvgIpc) is 2.69. The smallest absolute Gasteiger partial charge is 0.188 e. The molecule has 1 aromatic rings. The molecule has 0 spiro atoms. The van der Waals surface area contributed by atoms with Crippen LogP contribution in [0.3, 0.4) is 0 Å². The third kappa shape index (κ3) is 2.96. The summed E-state index contributed by atoms with van der Waals surface area (Å²) >= 11 is 0. The van der Waals surface area contributed by atoms with Crippen molar-refractivity contribution in [1.29, 1.82) is 0 Å². The lowest BCUT2D eigenvalue weighted by atomic mass is 10.1. The summed E-state index contributed by atoms with van der Waals surface area (Å²) in [6.45, 7) is 0.529. The molecule has 2 rings (SSSR count). The van der Waals surface area contributed by atoms with E-state index in [4.69, 9.17) is 0 Å². The van der Waals surface area contributed by atoms with Crippen LogP contribution in [-0.2, 0) is 16.4 Å². The van der Waals surface area contributed by atoms with Gasteiger partial charge in [0.15, 0.2) is 5.82 Å². The van der Waals surface area contributed by atoms with Gasteiger partial charge in [-0.25, -0.2) is 8.42 Å². The summed E-state index contributed by atoms with van der Waals surface area (Å²) in [5.41, 5.74) is 0. The Labute approximate surface area is 87.6 Å². The van der Waals surface area contributed by atoms with Crippen molar-refractivity contribution in [2.75, 3.05) is 11.5 Å². The standard InChI is InChI=1S/C7H13N5O2S/c13-15(14)3-1-6(2-4-15)8-5-7-9-11-12-10-7/h6,8H,1-5H2,(H,9,10,11,12). The molecule has 0 unspecified atom stereocenters. The molecular weight excluding hydrogens is 218 g/mol. The Bertz CT molecular complexity index is 387. The van der Waals surface area contributed by atoms with Crippen molar-refractivity contribution in [3.63, 3.8) is 0 Å². The number of aromatic nitrogens is 4. The van der Waals surface area contributed by atoms with Crippen LogP contribution in [0.25, 0.3) is 0 Å². The van der Waals surface area contributed by atoms with Crippen LogP contribution in [0, 0.1) is 0 Å². The minimum absolute atomic E-state index is 0.243. The van der Waals surface area contributed by atoms with Crippen molar-refractivity contribution < 1.29 is 8.42 Å². The van der Waals surface area contributed by atoms with Crippen molar-refractivity contribution in [3.05, 3.63) is 5.82 Å². The maximum Gasteiger partial charge on any atom is 0.188 e. The van der Waals surface area contributed by atoms with Gasteiger partial charge in [0.2, 0.25) is 0 Å². The predicted molar refractivity (Wildman–Crippen MR) is 52.7 cm³/mol. The molecule has 0 aromatic carbocycles. The summed E-state index contributed by atoms with van der Waals surface area (Å²) in [5, 5.41) is 16.6. The van der Waals surface area contributed by atoms with Crippen LogP contribution in [0.5, 0.6) is 0 Å². The maximum atomic E-state index is 11.2. The number of rotatable bonds is 3. The zero-order chi connectivity index (χ0) is 10.7. The summed E-state index contributed by atoms with van der Waals surface area (Å²) in [6.07, 6.45) is 1.33. The Morgan fingerprint density at radius 2 is 2.13 bits per heavy atom. The Kier molecular flexibility index (Phi) is 2.96. The quantitative estimate of drug-likeness (QED) is 0.682. The molecule has 0 radical (unpaired) electrons. The third-order valence-corrected chi connectivity index (χ3v) is 4.21. The van der Waals surface area contributed by atoms with Crippen LogP contribution >= 0.6 is 0 Å². The highest BCUT2D eigenvalue weighted by atomic mass is 32.2. The molecule has 1 aliphatic heterocycles. The fourth-order valence-electron chi connectivity index (χ4n) is 1.59. The number of hydrogen-bond acceptors (Lipinski definition) is 6. The van der Waals surface area contributed by atoms with Crippen molar-refractivity contribution in [1.82, 2.24) is 25.9 Å². The van der Waals surface area contributed by atoms with E-state index in [0.29, 0.717) is 25.2 Å². The van der Waals surface area contributed by atoms with Gasteiger partial charge in [-0.15, -0.1) is 10.2 Å². The van der Waals surface area contributed by atoms with Gasteiger partial charge in [-0.3, -0.25) is 0 Å². The monoisotopic (exact) mass is 231 g/mol. The second kappa shape index (κ2) is 4.23. The Balaban J connectivity index is 1.78. The van der Waals surface area contributed by atoms with Crippen LogP contribution < -0.4 is 5.32 Å². The van der Waals surface area contributed by atoms with Gasteiger partial charge in [-0.05, 0) is 12.8 Å². The fourth-order valence-corrected chi connectivity index (χ4v) is 3.08. The zero-order valence-corrected chi connectivity index (χ0v) is 9.00. The summed E-state index contributed by atoms with van der Waals surface area (Å²) in [4.78, 5) is 0. The van der Waals surface area contributed by atoms with Gasteiger partial charge in [0.25, 0.3) is 0 Å². The summed E-state index contributed by atoms with van der Waals surface area (Å²) in [6, 6.07) is 0.243. The summed E-state index contributed by atoms with van der Waals surface area (Å²) in [7, 11) is -2.78. The van der Waals surface area contributed by atoms with Crippen LogP contribution in [0.4, 0.5) is 0 Å². The predicted octanol–water partition coefficient (Wildman–Crippen LogP) is -1.13. The summed E-state index contributed by atoms with van der Waals surface area (Å²) < 4.78 is 22.3. The fraction of sp³-hybridized carbons (Fsp3) is 0.857. The highest BCUT2D eigenvalue weighted by Gasteiger charge is 2.23. The Hall–Kier alpha value is -1.02. The van der Waals surface area contributed by atoms with Crippen molar-refractivity contribution in [2.45, 2.75) is 25.4 Å². The van der Waals surface area contributed by atoms with E-state index >= 15 is 0 Å². The van der Waals surface area contributed by atoms with Crippen LogP contribution in [-0.4, -0.2) is 46.6 Å². The lowest BCUT2D eigenvalue weighted by Gasteiger charge is -2.22. The van der Waals surface area contributed by atoms with E-state index in [9.17, 15) is 8.42 Å². The molecular formula is C7H13N5O2S. The maximum absolute atomic E-state index is 11.2. The number of aromatic amines is 1. The molecule has 1 aromatic heterocycles. The number of hydrogen-bond donors (Lipinski definition) is 2. The molecule has 2 N–H and O–H groups in total. The number of nitrogens with one attached hydrogen (secondary N) is 2. The molecule has 0 bridgehead atoms. The number of tetrazole rings is 1. The molecule has 0 aliphatic carbocycles. The SMILES string of the molecule is O=S1(=O)CCC(NCc2nn[nH]n2)CC1. The molecule has 0 atom stereocenters. The lowest BCUT2D eigenvalue weighted by molar-refractivity contribution is 0.457. The highest BCUT2D eigenvalue weighted by Crippen LogP contribution is 2.12. The first-order chi connectivity index (χ1) is 7.16. The van der Waals surface area contributed by atoms with E-state index in [0.717, 1.165) is 0 Å². The molecule has 2 heterocycles. The zero-order valence-electron chi connectivity index (χ0n) is 8.18. The topological polar surface area (TPSA) is 101 Å². The number of H-pyrrole nitrogens is 1. The van der Waals surface area contributed by atoms with Gasteiger partial charge >= 0.3 is 0 Å². The van der Waals surface area contributed by atoms with Crippen LogP contribution in [0.2, 0.25) is 0 Å².